The number of fused-ring (bicyclic) bond motifs is 4. The molecule has 114 valence electrons. The van der Waals surface area contributed by atoms with Crippen LogP contribution in [-0.2, 0) is 16.2 Å². The van der Waals surface area contributed by atoms with Gasteiger partial charge in [-0.2, -0.15) is 0 Å². The highest BCUT2D eigenvalue weighted by Crippen LogP contribution is 2.62. The van der Waals surface area contributed by atoms with Crippen LogP contribution in [0.15, 0.2) is 42.5 Å². The first-order valence-corrected chi connectivity index (χ1v) is 8.48. The summed E-state index contributed by atoms with van der Waals surface area (Å²) < 4.78 is 0. The van der Waals surface area contributed by atoms with E-state index in [9.17, 15) is 0 Å². The van der Waals surface area contributed by atoms with Gasteiger partial charge in [0.25, 0.3) is 0 Å². The molecule has 0 aromatic heterocycles. The smallest absolute Gasteiger partial charge is 0.0225 e. The van der Waals surface area contributed by atoms with Gasteiger partial charge in [0, 0.05) is 5.41 Å². The highest BCUT2D eigenvalue weighted by atomic mass is 14.6. The molecule has 0 saturated heterocycles. The third-order valence-corrected chi connectivity index (χ3v) is 6.08. The number of aryl methyl sites for hydroxylation is 1. The fourth-order valence-corrected chi connectivity index (χ4v) is 5.42. The van der Waals surface area contributed by atoms with Crippen molar-refractivity contribution in [2.45, 2.75) is 63.7 Å². The Labute approximate surface area is 134 Å². The van der Waals surface area contributed by atoms with E-state index in [1.165, 1.54) is 18.4 Å². The monoisotopic (exact) mass is 290 g/mol. The van der Waals surface area contributed by atoms with Crippen LogP contribution in [0.1, 0.15) is 68.4 Å². The first-order chi connectivity index (χ1) is 10.3. The van der Waals surface area contributed by atoms with Crippen molar-refractivity contribution in [3.8, 4) is 0 Å². The van der Waals surface area contributed by atoms with Gasteiger partial charge in [-0.3, -0.25) is 0 Å². The molecule has 1 atom stereocenters. The van der Waals surface area contributed by atoms with Gasteiger partial charge in [-0.25, -0.2) is 0 Å². The normalized spacial score (nSPS) is 27.0. The van der Waals surface area contributed by atoms with Crippen molar-refractivity contribution in [1.82, 2.24) is 0 Å². The lowest BCUT2D eigenvalue weighted by Crippen LogP contribution is -2.27. The van der Waals surface area contributed by atoms with Gasteiger partial charge in [0.15, 0.2) is 0 Å². The van der Waals surface area contributed by atoms with E-state index in [1.54, 1.807) is 22.3 Å². The standard InChI is InChI=1S/C22H26/c1-15-10-11-17-19(12-15)22(14-21(17,4)5)13-20(2,3)16-8-6-7-9-18(16)22/h6-12H,13-14H2,1-5H3. The van der Waals surface area contributed by atoms with Crippen LogP contribution < -0.4 is 0 Å². The third kappa shape index (κ3) is 1.64. The summed E-state index contributed by atoms with van der Waals surface area (Å²) in [6.45, 7) is 11.9. The highest BCUT2D eigenvalue weighted by molar-refractivity contribution is 5.59. The van der Waals surface area contributed by atoms with E-state index < -0.39 is 0 Å². The molecule has 1 unspecified atom stereocenters. The summed E-state index contributed by atoms with van der Waals surface area (Å²) in [5.41, 5.74) is 8.41. The molecule has 0 heteroatoms. The summed E-state index contributed by atoms with van der Waals surface area (Å²) in [7, 11) is 0. The molecule has 0 radical (unpaired) electrons. The maximum absolute atomic E-state index is 2.46. The zero-order valence-electron chi connectivity index (χ0n) is 14.5. The second kappa shape index (κ2) is 4.04. The zero-order valence-corrected chi connectivity index (χ0v) is 14.5. The summed E-state index contributed by atoms with van der Waals surface area (Å²) in [5.74, 6) is 0. The number of hydrogen-bond acceptors (Lipinski definition) is 0. The van der Waals surface area contributed by atoms with Crippen LogP contribution in [0.4, 0.5) is 0 Å². The minimum absolute atomic E-state index is 0.213. The molecule has 2 aliphatic rings. The predicted molar refractivity (Wildman–Crippen MR) is 93.7 cm³/mol. The van der Waals surface area contributed by atoms with E-state index in [4.69, 9.17) is 0 Å². The maximum atomic E-state index is 2.46. The van der Waals surface area contributed by atoms with E-state index in [-0.39, 0.29) is 16.2 Å². The van der Waals surface area contributed by atoms with Gasteiger partial charge >= 0.3 is 0 Å². The van der Waals surface area contributed by atoms with Gasteiger partial charge in [-0.05, 0) is 52.8 Å². The van der Waals surface area contributed by atoms with Crippen LogP contribution in [0.25, 0.3) is 0 Å². The van der Waals surface area contributed by atoms with Gasteiger partial charge in [0.2, 0.25) is 0 Å². The van der Waals surface area contributed by atoms with Crippen LogP contribution in [0.3, 0.4) is 0 Å². The van der Waals surface area contributed by atoms with E-state index in [0.29, 0.717) is 0 Å². The Morgan fingerprint density at radius 1 is 0.682 bits per heavy atom. The predicted octanol–water partition coefficient (Wildman–Crippen LogP) is 5.64. The molecule has 22 heavy (non-hydrogen) atoms. The molecule has 4 rings (SSSR count). The van der Waals surface area contributed by atoms with Gasteiger partial charge in [0.1, 0.15) is 0 Å². The summed E-state index contributed by atoms with van der Waals surface area (Å²) >= 11 is 0. The topological polar surface area (TPSA) is 0 Å². The fourth-order valence-electron chi connectivity index (χ4n) is 5.42. The summed E-state index contributed by atoms with van der Waals surface area (Å²) in [4.78, 5) is 0. The first kappa shape index (κ1) is 14.1. The lowest BCUT2D eigenvalue weighted by Gasteiger charge is -2.30. The van der Waals surface area contributed by atoms with Gasteiger partial charge in [0.05, 0.1) is 0 Å². The first-order valence-electron chi connectivity index (χ1n) is 8.48. The molecule has 0 aliphatic heterocycles. The third-order valence-electron chi connectivity index (χ3n) is 6.08. The second-order valence-electron chi connectivity index (χ2n) is 8.80. The van der Waals surface area contributed by atoms with E-state index >= 15 is 0 Å². The van der Waals surface area contributed by atoms with E-state index in [1.807, 2.05) is 0 Å². The second-order valence-corrected chi connectivity index (χ2v) is 8.80. The largest absolute Gasteiger partial charge is 0.0620 e. The number of rotatable bonds is 0. The van der Waals surface area contributed by atoms with Gasteiger partial charge < -0.3 is 0 Å². The number of hydrogen-bond donors (Lipinski definition) is 0. The molecule has 0 saturated carbocycles. The Kier molecular flexibility index (Phi) is 2.58. The molecule has 2 aliphatic carbocycles. The Hall–Kier alpha value is -1.56. The van der Waals surface area contributed by atoms with Crippen LogP contribution in [0.5, 0.6) is 0 Å². The zero-order chi connectivity index (χ0) is 15.8. The molecule has 2 aromatic carbocycles. The molecule has 0 bridgehead atoms. The van der Waals surface area contributed by atoms with Crippen LogP contribution in [-0.4, -0.2) is 0 Å². The van der Waals surface area contributed by atoms with Crippen molar-refractivity contribution >= 4 is 0 Å². The molecular weight excluding hydrogens is 264 g/mol. The minimum Gasteiger partial charge on any atom is -0.0620 e. The van der Waals surface area contributed by atoms with E-state index in [0.717, 1.165) is 0 Å². The number of benzene rings is 2. The van der Waals surface area contributed by atoms with Crippen LogP contribution in [0.2, 0.25) is 0 Å². The van der Waals surface area contributed by atoms with Crippen LogP contribution in [0, 0.1) is 6.92 Å². The van der Waals surface area contributed by atoms with Crippen molar-refractivity contribution in [2.75, 3.05) is 0 Å². The van der Waals surface area contributed by atoms with E-state index in [2.05, 4.69) is 77.1 Å². The molecule has 0 heterocycles. The lowest BCUT2D eigenvalue weighted by atomic mass is 9.72. The van der Waals surface area contributed by atoms with Gasteiger partial charge in [-0.15, -0.1) is 0 Å². The van der Waals surface area contributed by atoms with Crippen molar-refractivity contribution in [2.24, 2.45) is 0 Å². The van der Waals surface area contributed by atoms with Crippen molar-refractivity contribution < 1.29 is 0 Å². The Balaban J connectivity index is 2.05. The minimum atomic E-state index is 0.213. The molecule has 0 fully saturated rings. The van der Waals surface area contributed by atoms with Crippen LogP contribution >= 0.6 is 0 Å². The quantitative estimate of drug-likeness (QED) is 0.588. The molecule has 1 spiro atoms. The Morgan fingerprint density at radius 2 is 1.23 bits per heavy atom. The molecule has 2 aromatic rings. The molecular formula is C22H26. The maximum Gasteiger partial charge on any atom is 0.0225 e. The Bertz CT molecular complexity index is 759. The molecule has 0 nitrogen and oxygen atoms in total. The SMILES string of the molecule is Cc1ccc2c(c1)C1(CC(C)(C)c3ccccc31)CC2(C)C. The summed E-state index contributed by atoms with van der Waals surface area (Å²) in [6.07, 6.45) is 2.47. The molecule has 0 N–H and O–H groups in total. The van der Waals surface area contributed by atoms with Crippen molar-refractivity contribution in [1.29, 1.82) is 0 Å². The van der Waals surface area contributed by atoms with Crippen molar-refractivity contribution in [3.63, 3.8) is 0 Å². The fraction of sp³-hybridized carbons (Fsp3) is 0.455. The summed E-state index contributed by atoms with van der Waals surface area (Å²) in [6, 6.07) is 16.3. The Morgan fingerprint density at radius 3 is 1.86 bits per heavy atom. The average Bonchev–Trinajstić information content (AvgIpc) is 2.80. The van der Waals surface area contributed by atoms with Gasteiger partial charge in [-0.1, -0.05) is 75.7 Å². The van der Waals surface area contributed by atoms with Crippen molar-refractivity contribution in [3.05, 3.63) is 70.3 Å². The average molecular weight is 290 g/mol. The lowest BCUT2D eigenvalue weighted by molar-refractivity contribution is 0.349. The summed E-state index contributed by atoms with van der Waals surface area (Å²) in [5, 5.41) is 0. The highest BCUT2D eigenvalue weighted by Gasteiger charge is 2.55. The molecule has 0 amide bonds.